The molecule has 0 fully saturated rings. The van der Waals surface area contributed by atoms with Gasteiger partial charge in [-0.3, -0.25) is 0 Å². The number of nitrogens with one attached hydrogen (secondary N) is 1. The zero-order valence-corrected chi connectivity index (χ0v) is 10.4. The van der Waals surface area contributed by atoms with Gasteiger partial charge < -0.3 is 4.74 Å². The minimum absolute atomic E-state index is 0.0273. The first-order valence-corrected chi connectivity index (χ1v) is 6.35. The molecule has 6 nitrogen and oxygen atoms in total. The van der Waals surface area contributed by atoms with Gasteiger partial charge in [-0.25, -0.2) is 18.1 Å². The molecule has 92 valence electrons. The van der Waals surface area contributed by atoms with E-state index in [1.165, 1.54) is 19.2 Å². The third kappa shape index (κ3) is 3.78. The number of hydrogen-bond acceptors (Lipinski definition) is 5. The summed E-state index contributed by atoms with van der Waals surface area (Å²) in [5.74, 6) is 0. The predicted molar refractivity (Wildman–Crippen MR) is 60.6 cm³/mol. The Hall–Kier alpha value is -1.49. The quantitative estimate of drug-likeness (QED) is 0.815. The molecular formula is C10H13N3O3S. The highest BCUT2D eigenvalue weighted by atomic mass is 32.2. The topological polar surface area (TPSA) is 92.1 Å². The van der Waals surface area contributed by atoms with Crippen LogP contribution in [-0.4, -0.2) is 33.2 Å². The SMILES string of the molecule is COCC(C)NS(=O)(=O)c1ccc(C#N)nc1. The van der Waals surface area contributed by atoms with Crippen LogP contribution in [0.3, 0.4) is 0 Å². The fraction of sp³-hybridized carbons (Fsp3) is 0.400. The lowest BCUT2D eigenvalue weighted by molar-refractivity contribution is 0.180. The molecule has 0 spiro atoms. The maximum Gasteiger partial charge on any atom is 0.242 e. The maximum absolute atomic E-state index is 11.8. The number of hydrogen-bond donors (Lipinski definition) is 1. The van der Waals surface area contributed by atoms with Crippen molar-refractivity contribution in [1.82, 2.24) is 9.71 Å². The van der Waals surface area contributed by atoms with Crippen molar-refractivity contribution in [3.05, 3.63) is 24.0 Å². The molecule has 0 aliphatic carbocycles. The Morgan fingerprint density at radius 2 is 2.29 bits per heavy atom. The van der Waals surface area contributed by atoms with Crippen LogP contribution >= 0.6 is 0 Å². The lowest BCUT2D eigenvalue weighted by atomic mass is 10.4. The fourth-order valence-electron chi connectivity index (χ4n) is 1.22. The molecule has 1 unspecified atom stereocenters. The normalized spacial score (nSPS) is 13.0. The fourth-order valence-corrected chi connectivity index (χ4v) is 2.39. The lowest BCUT2D eigenvalue weighted by Crippen LogP contribution is -2.35. The number of methoxy groups -OCH3 is 1. The van der Waals surface area contributed by atoms with Crippen LogP contribution in [0.1, 0.15) is 12.6 Å². The van der Waals surface area contributed by atoms with Crippen molar-refractivity contribution in [3.63, 3.8) is 0 Å². The van der Waals surface area contributed by atoms with Gasteiger partial charge >= 0.3 is 0 Å². The van der Waals surface area contributed by atoms with Crippen molar-refractivity contribution in [2.45, 2.75) is 17.9 Å². The zero-order chi connectivity index (χ0) is 12.9. The van der Waals surface area contributed by atoms with Crippen molar-refractivity contribution in [2.75, 3.05) is 13.7 Å². The van der Waals surface area contributed by atoms with Gasteiger partial charge in [-0.05, 0) is 19.1 Å². The summed E-state index contributed by atoms with van der Waals surface area (Å²) < 4.78 is 30.9. The first-order chi connectivity index (χ1) is 7.99. The van der Waals surface area contributed by atoms with Crippen LogP contribution in [0, 0.1) is 11.3 Å². The summed E-state index contributed by atoms with van der Waals surface area (Å²) in [5, 5.41) is 8.55. The summed E-state index contributed by atoms with van der Waals surface area (Å²) in [4.78, 5) is 3.73. The molecule has 0 radical (unpaired) electrons. The highest BCUT2D eigenvalue weighted by Crippen LogP contribution is 2.08. The Bertz CT molecular complexity index is 505. The second kappa shape index (κ2) is 5.72. The average Bonchev–Trinajstić information content (AvgIpc) is 2.28. The second-order valence-electron chi connectivity index (χ2n) is 3.47. The summed E-state index contributed by atoms with van der Waals surface area (Å²) >= 11 is 0. The van der Waals surface area contributed by atoms with E-state index < -0.39 is 10.0 Å². The monoisotopic (exact) mass is 255 g/mol. The Balaban J connectivity index is 2.86. The van der Waals surface area contributed by atoms with Crippen molar-refractivity contribution < 1.29 is 13.2 Å². The summed E-state index contributed by atoms with van der Waals surface area (Å²) in [7, 11) is -2.11. The standard InChI is InChI=1S/C10H13N3O3S/c1-8(7-16-2)13-17(14,15)10-4-3-9(5-11)12-6-10/h3-4,6,8,13H,7H2,1-2H3. The summed E-state index contributed by atoms with van der Waals surface area (Å²) in [6.07, 6.45) is 1.15. The predicted octanol–water partition coefficient (Wildman–Crippen LogP) is 0.266. The highest BCUT2D eigenvalue weighted by molar-refractivity contribution is 7.89. The third-order valence-corrected chi connectivity index (χ3v) is 3.51. The van der Waals surface area contributed by atoms with E-state index in [2.05, 4.69) is 9.71 Å². The van der Waals surface area contributed by atoms with E-state index in [1.807, 2.05) is 6.07 Å². The Kier molecular flexibility index (Phi) is 4.57. The van der Waals surface area contributed by atoms with Crippen LogP contribution < -0.4 is 4.72 Å². The van der Waals surface area contributed by atoms with Crippen LogP contribution in [0.4, 0.5) is 0 Å². The Morgan fingerprint density at radius 1 is 1.59 bits per heavy atom. The Morgan fingerprint density at radius 3 is 2.76 bits per heavy atom. The average molecular weight is 255 g/mol. The summed E-state index contributed by atoms with van der Waals surface area (Å²) in [6, 6.07) is 4.18. The molecule has 1 aromatic rings. The molecule has 1 heterocycles. The van der Waals surface area contributed by atoms with Crippen LogP contribution in [-0.2, 0) is 14.8 Å². The minimum Gasteiger partial charge on any atom is -0.383 e. The van der Waals surface area contributed by atoms with E-state index in [0.717, 1.165) is 6.20 Å². The van der Waals surface area contributed by atoms with Crippen molar-refractivity contribution in [1.29, 1.82) is 5.26 Å². The third-order valence-electron chi connectivity index (χ3n) is 1.93. The number of sulfonamides is 1. The number of nitriles is 1. The van der Waals surface area contributed by atoms with E-state index in [-0.39, 0.29) is 23.2 Å². The van der Waals surface area contributed by atoms with Crippen molar-refractivity contribution >= 4 is 10.0 Å². The molecule has 17 heavy (non-hydrogen) atoms. The smallest absolute Gasteiger partial charge is 0.242 e. The first kappa shape index (κ1) is 13.6. The van der Waals surface area contributed by atoms with Gasteiger partial charge in [0.1, 0.15) is 16.7 Å². The van der Waals surface area contributed by atoms with Gasteiger partial charge in [0.05, 0.1) is 6.61 Å². The first-order valence-electron chi connectivity index (χ1n) is 4.87. The lowest BCUT2D eigenvalue weighted by Gasteiger charge is -2.12. The molecule has 1 rings (SSSR count). The van der Waals surface area contributed by atoms with E-state index in [4.69, 9.17) is 10.00 Å². The number of aromatic nitrogens is 1. The molecule has 0 aliphatic rings. The molecule has 0 saturated carbocycles. The number of ether oxygens (including phenoxy) is 1. The molecule has 0 amide bonds. The van der Waals surface area contributed by atoms with Gasteiger partial charge in [-0.1, -0.05) is 0 Å². The molecule has 0 aromatic carbocycles. The van der Waals surface area contributed by atoms with Crippen LogP contribution in [0.5, 0.6) is 0 Å². The molecule has 0 saturated heterocycles. The number of pyridine rings is 1. The van der Waals surface area contributed by atoms with Gasteiger partial charge in [0.2, 0.25) is 10.0 Å². The van der Waals surface area contributed by atoms with Crippen molar-refractivity contribution in [3.8, 4) is 6.07 Å². The second-order valence-corrected chi connectivity index (χ2v) is 5.18. The minimum atomic E-state index is -3.61. The van der Waals surface area contributed by atoms with Gasteiger partial charge in [0.25, 0.3) is 0 Å². The molecule has 1 N–H and O–H groups in total. The van der Waals surface area contributed by atoms with E-state index in [1.54, 1.807) is 6.92 Å². The molecule has 1 aromatic heterocycles. The summed E-state index contributed by atoms with van der Waals surface area (Å²) in [6.45, 7) is 1.97. The van der Waals surface area contributed by atoms with E-state index in [0.29, 0.717) is 0 Å². The molecular weight excluding hydrogens is 242 g/mol. The Labute approximate surface area is 100 Å². The van der Waals surface area contributed by atoms with E-state index >= 15 is 0 Å². The molecule has 1 atom stereocenters. The van der Waals surface area contributed by atoms with E-state index in [9.17, 15) is 8.42 Å². The van der Waals surface area contributed by atoms with Gasteiger partial charge in [-0.2, -0.15) is 5.26 Å². The highest BCUT2D eigenvalue weighted by Gasteiger charge is 2.17. The summed E-state index contributed by atoms with van der Waals surface area (Å²) in [5.41, 5.74) is 0.175. The van der Waals surface area contributed by atoms with Crippen LogP contribution in [0.2, 0.25) is 0 Å². The van der Waals surface area contributed by atoms with Crippen LogP contribution in [0.25, 0.3) is 0 Å². The number of nitrogens with zero attached hydrogens (tertiary/aromatic N) is 2. The maximum atomic E-state index is 11.8. The van der Waals surface area contributed by atoms with Crippen molar-refractivity contribution in [2.24, 2.45) is 0 Å². The van der Waals surface area contributed by atoms with Crippen LogP contribution in [0.15, 0.2) is 23.2 Å². The zero-order valence-electron chi connectivity index (χ0n) is 9.54. The molecule has 7 heteroatoms. The van der Waals surface area contributed by atoms with Gasteiger partial charge in [-0.15, -0.1) is 0 Å². The number of rotatable bonds is 5. The van der Waals surface area contributed by atoms with Gasteiger partial charge in [0.15, 0.2) is 0 Å². The largest absolute Gasteiger partial charge is 0.383 e. The van der Waals surface area contributed by atoms with Gasteiger partial charge in [0, 0.05) is 19.3 Å². The molecule has 0 aliphatic heterocycles. The molecule has 0 bridgehead atoms.